The van der Waals surface area contributed by atoms with Crippen molar-refractivity contribution in [2.24, 2.45) is 0 Å². The predicted octanol–water partition coefficient (Wildman–Crippen LogP) is 1.63. The highest BCUT2D eigenvalue weighted by Gasteiger charge is 2.14. The molecule has 0 fully saturated rings. The average Bonchev–Trinajstić information content (AvgIpc) is 2.22. The van der Waals surface area contributed by atoms with Gasteiger partial charge in [-0.25, -0.2) is 8.78 Å². The normalized spacial score (nSPS) is 10.5. The number of hydrogen-bond donors (Lipinski definition) is 2. The number of benzene rings is 1. The number of nitrogen functional groups attached to an aromatic ring is 2. The van der Waals surface area contributed by atoms with Crippen molar-refractivity contribution in [3.8, 4) is 11.4 Å². The van der Waals surface area contributed by atoms with Gasteiger partial charge in [0.25, 0.3) is 0 Å². The van der Waals surface area contributed by atoms with Crippen molar-refractivity contribution in [2.45, 2.75) is 0 Å². The van der Waals surface area contributed by atoms with Crippen LogP contribution in [0, 0.1) is 11.6 Å². The molecule has 0 aliphatic carbocycles. The fourth-order valence-electron chi connectivity index (χ4n) is 1.22. The summed E-state index contributed by atoms with van der Waals surface area (Å²) in [7, 11) is 0. The van der Waals surface area contributed by atoms with Gasteiger partial charge in [0.2, 0.25) is 11.9 Å². The highest BCUT2D eigenvalue weighted by Crippen LogP contribution is 2.25. The summed E-state index contributed by atoms with van der Waals surface area (Å²) in [5, 5.41) is -0.332. The minimum absolute atomic E-state index is 0.150. The van der Waals surface area contributed by atoms with Gasteiger partial charge in [0, 0.05) is 0 Å². The first kappa shape index (κ1) is 11.5. The molecule has 88 valence electrons. The Morgan fingerprint density at radius 2 is 1.53 bits per heavy atom. The van der Waals surface area contributed by atoms with Gasteiger partial charge in [-0.1, -0.05) is 11.6 Å². The topological polar surface area (TPSA) is 90.7 Å². The van der Waals surface area contributed by atoms with Crippen LogP contribution < -0.4 is 11.5 Å². The number of anilines is 2. The molecular formula is C9H6ClF2N5. The van der Waals surface area contributed by atoms with Crippen LogP contribution in [-0.4, -0.2) is 15.0 Å². The van der Waals surface area contributed by atoms with E-state index in [-0.39, 0.29) is 28.3 Å². The molecule has 0 aliphatic heterocycles. The second-order valence-corrected chi connectivity index (χ2v) is 3.53. The molecule has 2 aromatic rings. The molecule has 0 atom stereocenters. The quantitative estimate of drug-likeness (QED) is 0.758. The van der Waals surface area contributed by atoms with Gasteiger partial charge in [-0.3, -0.25) is 0 Å². The summed E-state index contributed by atoms with van der Waals surface area (Å²) < 4.78 is 26.8. The van der Waals surface area contributed by atoms with Crippen LogP contribution in [0.15, 0.2) is 12.1 Å². The van der Waals surface area contributed by atoms with E-state index in [2.05, 4.69) is 15.0 Å². The molecule has 17 heavy (non-hydrogen) atoms. The van der Waals surface area contributed by atoms with Gasteiger partial charge in [-0.15, -0.1) is 0 Å². The van der Waals surface area contributed by atoms with Crippen molar-refractivity contribution in [3.63, 3.8) is 0 Å². The lowest BCUT2D eigenvalue weighted by Gasteiger charge is -2.04. The zero-order valence-electron chi connectivity index (χ0n) is 8.28. The minimum atomic E-state index is -0.791. The summed E-state index contributed by atoms with van der Waals surface area (Å²) in [6.45, 7) is 0. The van der Waals surface area contributed by atoms with E-state index in [0.29, 0.717) is 0 Å². The Morgan fingerprint density at radius 1 is 0.941 bits per heavy atom. The molecule has 5 nitrogen and oxygen atoms in total. The van der Waals surface area contributed by atoms with E-state index < -0.39 is 11.6 Å². The summed E-state index contributed by atoms with van der Waals surface area (Å²) in [5.74, 6) is -2.07. The Labute approximate surface area is 99.5 Å². The second-order valence-electron chi connectivity index (χ2n) is 3.12. The van der Waals surface area contributed by atoms with Crippen LogP contribution in [-0.2, 0) is 0 Å². The van der Waals surface area contributed by atoms with E-state index in [4.69, 9.17) is 23.1 Å². The first-order chi connectivity index (χ1) is 7.97. The summed E-state index contributed by atoms with van der Waals surface area (Å²) in [4.78, 5) is 10.8. The van der Waals surface area contributed by atoms with E-state index in [1.807, 2.05) is 0 Å². The third kappa shape index (κ3) is 2.23. The van der Waals surface area contributed by atoms with Crippen molar-refractivity contribution in [1.29, 1.82) is 0 Å². The van der Waals surface area contributed by atoms with Crippen LogP contribution in [0.3, 0.4) is 0 Å². The maximum absolute atomic E-state index is 13.5. The summed E-state index contributed by atoms with van der Waals surface area (Å²) in [6.07, 6.45) is 0. The summed E-state index contributed by atoms with van der Waals surface area (Å²) in [6, 6.07) is 1.69. The molecule has 1 aromatic heterocycles. The van der Waals surface area contributed by atoms with Gasteiger partial charge in [-0.05, 0) is 12.1 Å². The Hall–Kier alpha value is -2.02. The molecule has 0 saturated heterocycles. The van der Waals surface area contributed by atoms with E-state index in [1.165, 1.54) is 0 Å². The van der Waals surface area contributed by atoms with Crippen molar-refractivity contribution >= 4 is 23.5 Å². The zero-order valence-corrected chi connectivity index (χ0v) is 9.04. The van der Waals surface area contributed by atoms with Gasteiger partial charge in [0.1, 0.15) is 11.6 Å². The predicted molar refractivity (Wildman–Crippen MR) is 59.0 cm³/mol. The van der Waals surface area contributed by atoms with Gasteiger partial charge in [0.05, 0.1) is 10.6 Å². The van der Waals surface area contributed by atoms with E-state index >= 15 is 0 Å². The highest BCUT2D eigenvalue weighted by molar-refractivity contribution is 6.30. The molecule has 0 bridgehead atoms. The maximum atomic E-state index is 13.5. The van der Waals surface area contributed by atoms with Crippen LogP contribution in [0.5, 0.6) is 0 Å². The number of nitrogens with two attached hydrogens (primary N) is 2. The van der Waals surface area contributed by atoms with Crippen LogP contribution in [0.1, 0.15) is 0 Å². The number of hydrogen-bond acceptors (Lipinski definition) is 5. The molecule has 0 radical (unpaired) electrons. The first-order valence-electron chi connectivity index (χ1n) is 4.39. The van der Waals surface area contributed by atoms with E-state index in [1.54, 1.807) is 0 Å². The molecule has 1 heterocycles. The standard InChI is InChI=1S/C9H6ClF2N5/c10-4-2-5(11)3(1-6(4)12)7-15-8(13)17-9(14)16-7/h1-2H,(H4,13,14,15,16,17). The lowest BCUT2D eigenvalue weighted by Crippen LogP contribution is -2.05. The number of nitrogens with zero attached hydrogens (tertiary/aromatic N) is 3. The van der Waals surface area contributed by atoms with Crippen molar-refractivity contribution in [3.05, 3.63) is 28.8 Å². The van der Waals surface area contributed by atoms with Crippen LogP contribution in [0.2, 0.25) is 5.02 Å². The molecular weight excluding hydrogens is 252 g/mol. The first-order valence-corrected chi connectivity index (χ1v) is 4.77. The average molecular weight is 258 g/mol. The molecule has 0 aliphatic rings. The Morgan fingerprint density at radius 3 is 2.12 bits per heavy atom. The summed E-state index contributed by atoms with van der Waals surface area (Å²) in [5.41, 5.74) is 10.5. The summed E-state index contributed by atoms with van der Waals surface area (Å²) >= 11 is 5.42. The Bertz CT molecular complexity index is 570. The van der Waals surface area contributed by atoms with Gasteiger partial charge in [-0.2, -0.15) is 15.0 Å². The molecule has 4 N–H and O–H groups in total. The molecule has 2 rings (SSSR count). The Balaban J connectivity index is 2.64. The second kappa shape index (κ2) is 4.10. The molecule has 0 saturated carbocycles. The lowest BCUT2D eigenvalue weighted by molar-refractivity contribution is 0.602. The SMILES string of the molecule is Nc1nc(N)nc(-c2cc(F)c(Cl)cc2F)n1. The van der Waals surface area contributed by atoms with Crippen LogP contribution in [0.4, 0.5) is 20.7 Å². The minimum Gasteiger partial charge on any atom is -0.368 e. The Kier molecular flexibility index (Phi) is 2.76. The molecule has 0 spiro atoms. The molecule has 1 aromatic carbocycles. The number of rotatable bonds is 1. The molecule has 8 heteroatoms. The van der Waals surface area contributed by atoms with Gasteiger partial charge >= 0.3 is 0 Å². The zero-order chi connectivity index (χ0) is 12.6. The van der Waals surface area contributed by atoms with Crippen molar-refractivity contribution < 1.29 is 8.78 Å². The third-order valence-electron chi connectivity index (χ3n) is 1.92. The van der Waals surface area contributed by atoms with E-state index in [0.717, 1.165) is 12.1 Å². The lowest BCUT2D eigenvalue weighted by atomic mass is 10.2. The third-order valence-corrected chi connectivity index (χ3v) is 2.21. The largest absolute Gasteiger partial charge is 0.368 e. The number of halogens is 3. The highest BCUT2D eigenvalue weighted by atomic mass is 35.5. The van der Waals surface area contributed by atoms with Gasteiger partial charge < -0.3 is 11.5 Å². The van der Waals surface area contributed by atoms with Crippen LogP contribution >= 0.6 is 11.6 Å². The van der Waals surface area contributed by atoms with Gasteiger partial charge in [0.15, 0.2) is 5.82 Å². The molecule has 0 unspecified atom stereocenters. The van der Waals surface area contributed by atoms with E-state index in [9.17, 15) is 8.78 Å². The monoisotopic (exact) mass is 257 g/mol. The smallest absolute Gasteiger partial charge is 0.225 e. The number of aromatic nitrogens is 3. The fourth-order valence-corrected chi connectivity index (χ4v) is 1.37. The maximum Gasteiger partial charge on any atom is 0.225 e. The molecule has 0 amide bonds. The fraction of sp³-hybridized carbons (Fsp3) is 0. The van der Waals surface area contributed by atoms with Crippen LogP contribution in [0.25, 0.3) is 11.4 Å². The van der Waals surface area contributed by atoms with Crippen molar-refractivity contribution in [2.75, 3.05) is 11.5 Å². The van der Waals surface area contributed by atoms with Crippen molar-refractivity contribution in [1.82, 2.24) is 15.0 Å².